The molecule has 2 N–H and O–H groups in total. The topological polar surface area (TPSA) is 84.2 Å². The van der Waals surface area contributed by atoms with E-state index in [2.05, 4.69) is 15.8 Å². The second kappa shape index (κ2) is 7.23. The van der Waals surface area contributed by atoms with Crippen molar-refractivity contribution in [1.29, 1.82) is 0 Å². The summed E-state index contributed by atoms with van der Waals surface area (Å²) in [4.78, 5) is 24.7. The standard InChI is InChI=1S/C17H17ClFN3O3/c1-9-13(17(24)21-12-7-2-3-8-20-16(12)23)15(22-25-9)14-10(18)5-4-6-11(14)19/h4-6,12H,2-3,7-8H2,1H3,(H,20,23)(H,21,24). The lowest BCUT2D eigenvalue weighted by Crippen LogP contribution is -2.45. The summed E-state index contributed by atoms with van der Waals surface area (Å²) in [6, 6.07) is 3.55. The average Bonchev–Trinajstić information content (AvgIpc) is 2.82. The molecule has 8 heteroatoms. The van der Waals surface area contributed by atoms with Crippen LogP contribution < -0.4 is 10.6 Å². The van der Waals surface area contributed by atoms with E-state index < -0.39 is 17.8 Å². The SMILES string of the molecule is Cc1onc(-c2c(F)cccc2Cl)c1C(=O)NC1CCCCNC1=O. The summed E-state index contributed by atoms with van der Waals surface area (Å²) in [5.41, 5.74) is 0.0904. The largest absolute Gasteiger partial charge is 0.360 e. The summed E-state index contributed by atoms with van der Waals surface area (Å²) in [7, 11) is 0. The number of carbonyl (C=O) groups excluding carboxylic acids is 2. The van der Waals surface area contributed by atoms with Crippen molar-refractivity contribution in [2.75, 3.05) is 6.54 Å². The lowest BCUT2D eigenvalue weighted by Gasteiger charge is -2.15. The van der Waals surface area contributed by atoms with Crippen LogP contribution in [-0.4, -0.2) is 29.6 Å². The highest BCUT2D eigenvalue weighted by molar-refractivity contribution is 6.33. The average molecular weight is 366 g/mol. The summed E-state index contributed by atoms with van der Waals surface area (Å²) < 4.78 is 19.3. The Morgan fingerprint density at radius 2 is 2.24 bits per heavy atom. The number of benzene rings is 1. The molecule has 1 saturated heterocycles. The van der Waals surface area contributed by atoms with Gasteiger partial charge in [0.2, 0.25) is 5.91 Å². The minimum Gasteiger partial charge on any atom is -0.360 e. The summed E-state index contributed by atoms with van der Waals surface area (Å²) >= 11 is 6.07. The summed E-state index contributed by atoms with van der Waals surface area (Å²) in [6.07, 6.45) is 2.22. The molecule has 1 aliphatic heterocycles. The molecule has 132 valence electrons. The molecule has 2 amide bonds. The fourth-order valence-corrected chi connectivity index (χ4v) is 3.09. The lowest BCUT2D eigenvalue weighted by molar-refractivity contribution is -0.122. The number of aromatic nitrogens is 1. The van der Waals surface area contributed by atoms with E-state index in [1.54, 1.807) is 6.92 Å². The molecule has 1 aliphatic rings. The number of halogens is 2. The molecular formula is C17H17ClFN3O3. The van der Waals surface area contributed by atoms with Gasteiger partial charge in [0.15, 0.2) is 0 Å². The van der Waals surface area contributed by atoms with Crippen molar-refractivity contribution >= 4 is 23.4 Å². The van der Waals surface area contributed by atoms with Crippen molar-refractivity contribution in [2.45, 2.75) is 32.2 Å². The molecule has 2 heterocycles. The van der Waals surface area contributed by atoms with Crippen LogP contribution in [0.4, 0.5) is 4.39 Å². The predicted octanol–water partition coefficient (Wildman–Crippen LogP) is 2.84. The lowest BCUT2D eigenvalue weighted by atomic mass is 10.0. The van der Waals surface area contributed by atoms with E-state index in [1.807, 2.05) is 0 Å². The highest BCUT2D eigenvalue weighted by atomic mass is 35.5. The van der Waals surface area contributed by atoms with Crippen LogP contribution in [0.3, 0.4) is 0 Å². The van der Waals surface area contributed by atoms with Crippen molar-refractivity contribution in [3.05, 3.63) is 40.4 Å². The molecular weight excluding hydrogens is 349 g/mol. The molecule has 0 spiro atoms. The molecule has 25 heavy (non-hydrogen) atoms. The maximum absolute atomic E-state index is 14.2. The maximum Gasteiger partial charge on any atom is 0.257 e. The van der Waals surface area contributed by atoms with Crippen molar-refractivity contribution in [3.8, 4) is 11.3 Å². The van der Waals surface area contributed by atoms with Crippen molar-refractivity contribution in [1.82, 2.24) is 15.8 Å². The Hall–Kier alpha value is -2.41. The normalized spacial score (nSPS) is 17.7. The van der Waals surface area contributed by atoms with Crippen LogP contribution >= 0.6 is 11.6 Å². The van der Waals surface area contributed by atoms with Gasteiger partial charge in [-0.15, -0.1) is 0 Å². The van der Waals surface area contributed by atoms with Crippen LogP contribution in [0.1, 0.15) is 35.4 Å². The summed E-state index contributed by atoms with van der Waals surface area (Å²) in [5, 5.41) is 9.35. The highest BCUT2D eigenvalue weighted by Gasteiger charge is 2.29. The zero-order valence-electron chi connectivity index (χ0n) is 13.6. The van der Waals surface area contributed by atoms with Crippen LogP contribution in [0.5, 0.6) is 0 Å². The fourth-order valence-electron chi connectivity index (χ4n) is 2.84. The van der Waals surface area contributed by atoms with Crippen molar-refractivity contribution < 1.29 is 18.5 Å². The molecule has 0 radical (unpaired) electrons. The molecule has 1 atom stereocenters. The molecule has 0 aliphatic carbocycles. The van der Waals surface area contributed by atoms with Gasteiger partial charge in [-0.05, 0) is 38.3 Å². The van der Waals surface area contributed by atoms with Gasteiger partial charge in [-0.2, -0.15) is 0 Å². The molecule has 6 nitrogen and oxygen atoms in total. The van der Waals surface area contributed by atoms with Crippen LogP contribution in [0.25, 0.3) is 11.3 Å². The van der Waals surface area contributed by atoms with Crippen LogP contribution in [0, 0.1) is 12.7 Å². The van der Waals surface area contributed by atoms with E-state index in [9.17, 15) is 14.0 Å². The van der Waals surface area contributed by atoms with Gasteiger partial charge in [-0.25, -0.2) is 4.39 Å². The smallest absolute Gasteiger partial charge is 0.257 e. The van der Waals surface area contributed by atoms with E-state index in [1.165, 1.54) is 18.2 Å². The van der Waals surface area contributed by atoms with E-state index in [4.69, 9.17) is 16.1 Å². The number of aryl methyl sites for hydroxylation is 1. The summed E-state index contributed by atoms with van der Waals surface area (Å²) in [5.74, 6) is -1.16. The third-order valence-electron chi connectivity index (χ3n) is 4.13. The first-order valence-corrected chi connectivity index (χ1v) is 8.36. The minimum absolute atomic E-state index is 0.00326. The van der Waals surface area contributed by atoms with Crippen LogP contribution in [0.15, 0.2) is 22.7 Å². The van der Waals surface area contributed by atoms with E-state index in [-0.39, 0.29) is 33.5 Å². The zero-order valence-corrected chi connectivity index (χ0v) is 14.3. The number of nitrogens with zero attached hydrogens (tertiary/aromatic N) is 1. The Kier molecular flexibility index (Phi) is 5.03. The molecule has 0 bridgehead atoms. The third-order valence-corrected chi connectivity index (χ3v) is 4.44. The number of rotatable bonds is 3. The van der Waals surface area contributed by atoms with Gasteiger partial charge in [0.25, 0.3) is 5.91 Å². The van der Waals surface area contributed by atoms with E-state index >= 15 is 0 Å². The van der Waals surface area contributed by atoms with Gasteiger partial charge in [0.05, 0.1) is 10.6 Å². The van der Waals surface area contributed by atoms with Gasteiger partial charge in [0.1, 0.15) is 28.9 Å². The van der Waals surface area contributed by atoms with Gasteiger partial charge >= 0.3 is 0 Å². The first-order chi connectivity index (χ1) is 12.0. The van der Waals surface area contributed by atoms with Crippen molar-refractivity contribution in [3.63, 3.8) is 0 Å². The second-order valence-corrected chi connectivity index (χ2v) is 6.28. The Morgan fingerprint density at radius 3 is 3.00 bits per heavy atom. The van der Waals surface area contributed by atoms with Gasteiger partial charge in [0, 0.05) is 6.54 Å². The number of hydrogen-bond donors (Lipinski definition) is 2. The van der Waals surface area contributed by atoms with Crippen LogP contribution in [-0.2, 0) is 4.79 Å². The number of carbonyl (C=O) groups is 2. The molecule has 1 aromatic carbocycles. The predicted molar refractivity (Wildman–Crippen MR) is 89.8 cm³/mol. The highest BCUT2D eigenvalue weighted by Crippen LogP contribution is 2.33. The van der Waals surface area contributed by atoms with Crippen molar-refractivity contribution in [2.24, 2.45) is 0 Å². The fraction of sp³-hybridized carbons (Fsp3) is 0.353. The van der Waals surface area contributed by atoms with Crippen LogP contribution in [0.2, 0.25) is 5.02 Å². The quantitative estimate of drug-likeness (QED) is 0.876. The molecule has 0 saturated carbocycles. The third kappa shape index (κ3) is 3.51. The Bertz CT molecular complexity index is 801. The maximum atomic E-state index is 14.2. The molecule has 2 aromatic rings. The first kappa shape index (κ1) is 17.4. The van der Waals surface area contributed by atoms with Gasteiger partial charge < -0.3 is 15.2 Å². The Labute approximate surface area is 148 Å². The van der Waals surface area contributed by atoms with E-state index in [0.717, 1.165) is 12.8 Å². The Balaban J connectivity index is 1.94. The second-order valence-electron chi connectivity index (χ2n) is 5.87. The number of amides is 2. The van der Waals surface area contributed by atoms with Gasteiger partial charge in [-0.3, -0.25) is 9.59 Å². The number of nitrogens with one attached hydrogen (secondary N) is 2. The molecule has 1 unspecified atom stereocenters. The number of hydrogen-bond acceptors (Lipinski definition) is 4. The van der Waals surface area contributed by atoms with E-state index in [0.29, 0.717) is 13.0 Å². The monoisotopic (exact) mass is 365 g/mol. The first-order valence-electron chi connectivity index (χ1n) is 7.98. The van der Waals surface area contributed by atoms with Gasteiger partial charge in [-0.1, -0.05) is 22.8 Å². The zero-order chi connectivity index (χ0) is 18.0. The molecule has 3 rings (SSSR count). The molecule has 1 fully saturated rings. The summed E-state index contributed by atoms with van der Waals surface area (Å²) in [6.45, 7) is 2.14. The molecule has 1 aromatic heterocycles. The Morgan fingerprint density at radius 1 is 1.44 bits per heavy atom. The minimum atomic E-state index is -0.645.